The molecule has 0 aromatic heterocycles. The first kappa shape index (κ1) is 12.9. The quantitative estimate of drug-likeness (QED) is 0.639. The molecule has 17 heavy (non-hydrogen) atoms. The van der Waals surface area contributed by atoms with E-state index in [4.69, 9.17) is 4.74 Å². The van der Waals surface area contributed by atoms with Crippen molar-refractivity contribution in [3.63, 3.8) is 0 Å². The Hall–Kier alpha value is -0.560. The van der Waals surface area contributed by atoms with Crippen LogP contribution >= 0.6 is 0 Å². The van der Waals surface area contributed by atoms with E-state index in [-0.39, 0.29) is 0 Å². The summed E-state index contributed by atoms with van der Waals surface area (Å²) in [6.45, 7) is 7.95. The SMILES string of the molecule is COC/C(C)=C1\CCC2=CCC[C@H](C)[C@@]2(C)C1. The van der Waals surface area contributed by atoms with Gasteiger partial charge >= 0.3 is 0 Å². The molecule has 0 radical (unpaired) electrons. The van der Waals surface area contributed by atoms with Crippen molar-refractivity contribution < 1.29 is 4.74 Å². The maximum atomic E-state index is 5.28. The summed E-state index contributed by atoms with van der Waals surface area (Å²) in [5, 5.41) is 0. The van der Waals surface area contributed by atoms with Crippen LogP contribution in [0.4, 0.5) is 0 Å². The lowest BCUT2D eigenvalue weighted by molar-refractivity contribution is 0.197. The Morgan fingerprint density at radius 1 is 1.47 bits per heavy atom. The van der Waals surface area contributed by atoms with E-state index in [1.54, 1.807) is 18.3 Å². The number of hydrogen-bond donors (Lipinski definition) is 0. The van der Waals surface area contributed by atoms with Crippen molar-refractivity contribution in [1.82, 2.24) is 0 Å². The molecule has 0 heterocycles. The first-order chi connectivity index (χ1) is 8.08. The summed E-state index contributed by atoms with van der Waals surface area (Å²) in [6.07, 6.45) is 8.96. The maximum Gasteiger partial charge on any atom is 0.0672 e. The summed E-state index contributed by atoms with van der Waals surface area (Å²) in [5.41, 5.74) is 5.27. The number of hydrogen-bond acceptors (Lipinski definition) is 1. The highest BCUT2D eigenvalue weighted by Crippen LogP contribution is 2.52. The Kier molecular flexibility index (Phi) is 3.77. The van der Waals surface area contributed by atoms with E-state index in [1.807, 2.05) is 0 Å². The van der Waals surface area contributed by atoms with E-state index < -0.39 is 0 Å². The molecule has 2 rings (SSSR count). The van der Waals surface area contributed by atoms with E-state index in [0.717, 1.165) is 12.5 Å². The van der Waals surface area contributed by atoms with Crippen molar-refractivity contribution in [3.05, 3.63) is 22.8 Å². The first-order valence-corrected chi connectivity index (χ1v) is 6.94. The van der Waals surface area contributed by atoms with Gasteiger partial charge in [0.15, 0.2) is 0 Å². The molecule has 0 aliphatic heterocycles. The molecule has 1 nitrogen and oxygen atoms in total. The molecule has 2 aliphatic carbocycles. The monoisotopic (exact) mass is 234 g/mol. The van der Waals surface area contributed by atoms with Gasteiger partial charge in [0.25, 0.3) is 0 Å². The van der Waals surface area contributed by atoms with Gasteiger partial charge in [0, 0.05) is 7.11 Å². The number of ether oxygens (including phenoxy) is 1. The van der Waals surface area contributed by atoms with Gasteiger partial charge in [-0.25, -0.2) is 0 Å². The van der Waals surface area contributed by atoms with Crippen molar-refractivity contribution in [2.45, 2.75) is 52.9 Å². The van der Waals surface area contributed by atoms with Crippen LogP contribution in [0.2, 0.25) is 0 Å². The minimum absolute atomic E-state index is 0.431. The Morgan fingerprint density at radius 2 is 2.24 bits per heavy atom. The summed E-state index contributed by atoms with van der Waals surface area (Å²) < 4.78 is 5.28. The van der Waals surface area contributed by atoms with Gasteiger partial charge in [0.05, 0.1) is 6.61 Å². The van der Waals surface area contributed by atoms with E-state index in [1.165, 1.54) is 37.7 Å². The second-order valence-electron chi connectivity index (χ2n) is 6.12. The molecule has 1 heteroatoms. The largest absolute Gasteiger partial charge is 0.380 e. The molecule has 0 amide bonds. The highest BCUT2D eigenvalue weighted by Gasteiger charge is 2.39. The zero-order valence-corrected chi connectivity index (χ0v) is 11.8. The molecule has 0 unspecified atom stereocenters. The zero-order chi connectivity index (χ0) is 12.5. The van der Waals surface area contributed by atoms with E-state index >= 15 is 0 Å². The fraction of sp³-hybridized carbons (Fsp3) is 0.750. The third kappa shape index (κ3) is 2.35. The van der Waals surface area contributed by atoms with Gasteiger partial charge < -0.3 is 4.74 Å². The Balaban J connectivity index is 2.24. The summed E-state index contributed by atoms with van der Waals surface area (Å²) in [6, 6.07) is 0. The molecule has 0 aromatic rings. The van der Waals surface area contributed by atoms with E-state index in [9.17, 15) is 0 Å². The van der Waals surface area contributed by atoms with Crippen LogP contribution in [0.25, 0.3) is 0 Å². The van der Waals surface area contributed by atoms with Crippen molar-refractivity contribution in [2.24, 2.45) is 11.3 Å². The predicted octanol–water partition coefficient (Wildman–Crippen LogP) is 4.50. The average Bonchev–Trinajstić information content (AvgIpc) is 2.30. The van der Waals surface area contributed by atoms with Gasteiger partial charge in [-0.1, -0.05) is 31.1 Å². The second-order valence-corrected chi connectivity index (χ2v) is 6.12. The topological polar surface area (TPSA) is 9.23 Å². The van der Waals surface area contributed by atoms with Gasteiger partial charge in [-0.3, -0.25) is 0 Å². The Labute approximate surface area is 106 Å². The molecule has 0 spiro atoms. The molecule has 0 bridgehead atoms. The smallest absolute Gasteiger partial charge is 0.0672 e. The van der Waals surface area contributed by atoms with E-state index in [2.05, 4.69) is 26.8 Å². The van der Waals surface area contributed by atoms with Gasteiger partial charge in [-0.15, -0.1) is 0 Å². The van der Waals surface area contributed by atoms with Crippen LogP contribution in [0.3, 0.4) is 0 Å². The summed E-state index contributed by atoms with van der Waals surface area (Å²) in [7, 11) is 1.79. The second kappa shape index (κ2) is 4.97. The third-order valence-electron chi connectivity index (χ3n) is 5.05. The maximum absolute atomic E-state index is 5.28. The van der Waals surface area contributed by atoms with Crippen LogP contribution in [0.5, 0.6) is 0 Å². The normalized spacial score (nSPS) is 36.2. The van der Waals surface area contributed by atoms with Crippen LogP contribution in [0.1, 0.15) is 52.9 Å². The van der Waals surface area contributed by atoms with Crippen LogP contribution in [0, 0.1) is 11.3 Å². The van der Waals surface area contributed by atoms with Crippen molar-refractivity contribution in [2.75, 3.05) is 13.7 Å². The summed E-state index contributed by atoms with van der Waals surface area (Å²) in [4.78, 5) is 0. The van der Waals surface area contributed by atoms with Crippen molar-refractivity contribution in [1.29, 1.82) is 0 Å². The fourth-order valence-electron chi connectivity index (χ4n) is 3.55. The minimum atomic E-state index is 0.431. The number of rotatable bonds is 2. The molecular formula is C16H26O. The molecule has 2 aliphatic rings. The summed E-state index contributed by atoms with van der Waals surface area (Å²) >= 11 is 0. The lowest BCUT2D eigenvalue weighted by Gasteiger charge is -2.45. The lowest BCUT2D eigenvalue weighted by atomic mass is 9.59. The average molecular weight is 234 g/mol. The van der Waals surface area contributed by atoms with Crippen LogP contribution in [0.15, 0.2) is 22.8 Å². The molecule has 1 fully saturated rings. The fourth-order valence-corrected chi connectivity index (χ4v) is 3.55. The molecule has 1 saturated carbocycles. The van der Waals surface area contributed by atoms with Gasteiger partial charge in [0.2, 0.25) is 0 Å². The Morgan fingerprint density at radius 3 is 2.94 bits per heavy atom. The number of allylic oxidation sites excluding steroid dienone is 3. The minimum Gasteiger partial charge on any atom is -0.380 e. The molecule has 2 atom stereocenters. The van der Waals surface area contributed by atoms with Crippen LogP contribution in [-0.2, 0) is 4.74 Å². The number of fused-ring (bicyclic) bond motifs is 1. The first-order valence-electron chi connectivity index (χ1n) is 6.94. The van der Waals surface area contributed by atoms with Gasteiger partial charge in [-0.05, 0) is 55.9 Å². The number of methoxy groups -OCH3 is 1. The lowest BCUT2D eigenvalue weighted by Crippen LogP contribution is -2.34. The molecule has 0 aromatic carbocycles. The molecular weight excluding hydrogens is 208 g/mol. The third-order valence-corrected chi connectivity index (χ3v) is 5.05. The summed E-state index contributed by atoms with van der Waals surface area (Å²) in [5.74, 6) is 0.827. The zero-order valence-electron chi connectivity index (χ0n) is 11.8. The highest BCUT2D eigenvalue weighted by atomic mass is 16.5. The van der Waals surface area contributed by atoms with Gasteiger partial charge in [0.1, 0.15) is 0 Å². The van der Waals surface area contributed by atoms with Crippen molar-refractivity contribution >= 4 is 0 Å². The predicted molar refractivity (Wildman–Crippen MR) is 73.0 cm³/mol. The van der Waals surface area contributed by atoms with Crippen LogP contribution < -0.4 is 0 Å². The van der Waals surface area contributed by atoms with Crippen LogP contribution in [-0.4, -0.2) is 13.7 Å². The molecule has 0 saturated heterocycles. The highest BCUT2D eigenvalue weighted by molar-refractivity contribution is 5.30. The standard InChI is InChI=1S/C16H26O/c1-12(11-17-4)14-8-9-15-7-5-6-13(2)16(15,3)10-14/h7,13H,5-6,8-11H2,1-4H3/b14-12+/t13-,16+/m0/s1. The van der Waals surface area contributed by atoms with Gasteiger partial charge in [-0.2, -0.15) is 0 Å². The molecule has 96 valence electrons. The van der Waals surface area contributed by atoms with E-state index in [0.29, 0.717) is 5.41 Å². The van der Waals surface area contributed by atoms with Crippen molar-refractivity contribution in [3.8, 4) is 0 Å². The molecule has 0 N–H and O–H groups in total. The Bertz CT molecular complexity index is 351.